The Balaban J connectivity index is 2.35. The molecule has 1 unspecified atom stereocenters. The first-order chi connectivity index (χ1) is 9.17. The van der Waals surface area contributed by atoms with E-state index >= 15 is 0 Å². The minimum atomic E-state index is -0.364. The molecule has 1 aliphatic rings. The van der Waals surface area contributed by atoms with Crippen LogP contribution in [0.1, 0.15) is 12.8 Å². The van der Waals surface area contributed by atoms with Gasteiger partial charge in [0.05, 0.1) is 12.0 Å². The SMILES string of the molecule is CNC1CCCN(c2cccc(OC)c2[N+](=O)[O-])C1. The Bertz CT molecular complexity index is 464. The monoisotopic (exact) mass is 265 g/mol. The predicted octanol–water partition coefficient (Wildman–Crippen LogP) is 1.79. The van der Waals surface area contributed by atoms with Crippen LogP contribution < -0.4 is 15.0 Å². The molecule has 1 fully saturated rings. The van der Waals surface area contributed by atoms with Crippen molar-refractivity contribution in [3.05, 3.63) is 28.3 Å². The second-order valence-electron chi connectivity index (χ2n) is 4.66. The molecule has 1 aliphatic heterocycles. The molecule has 1 atom stereocenters. The Morgan fingerprint density at radius 3 is 2.95 bits per heavy atom. The van der Waals surface area contributed by atoms with Gasteiger partial charge >= 0.3 is 5.69 Å². The van der Waals surface area contributed by atoms with E-state index in [9.17, 15) is 10.1 Å². The second kappa shape index (κ2) is 5.88. The molecular weight excluding hydrogens is 246 g/mol. The van der Waals surface area contributed by atoms with E-state index in [-0.39, 0.29) is 10.6 Å². The highest BCUT2D eigenvalue weighted by molar-refractivity contribution is 5.70. The summed E-state index contributed by atoms with van der Waals surface area (Å²) in [6, 6.07) is 5.59. The Hall–Kier alpha value is -1.82. The molecule has 0 radical (unpaired) electrons. The zero-order valence-corrected chi connectivity index (χ0v) is 11.3. The highest BCUT2D eigenvalue weighted by Crippen LogP contribution is 2.37. The van der Waals surface area contributed by atoms with E-state index in [1.807, 2.05) is 7.05 Å². The first-order valence-electron chi connectivity index (χ1n) is 6.41. The zero-order chi connectivity index (χ0) is 13.8. The van der Waals surface area contributed by atoms with Crippen molar-refractivity contribution in [3.8, 4) is 5.75 Å². The van der Waals surface area contributed by atoms with Gasteiger partial charge in [0.1, 0.15) is 5.69 Å². The highest BCUT2D eigenvalue weighted by atomic mass is 16.6. The summed E-state index contributed by atoms with van der Waals surface area (Å²) in [5.74, 6) is 0.314. The Labute approximate surface area is 112 Å². The van der Waals surface area contributed by atoms with E-state index in [1.165, 1.54) is 7.11 Å². The van der Waals surface area contributed by atoms with Crippen molar-refractivity contribution in [2.75, 3.05) is 32.1 Å². The maximum absolute atomic E-state index is 11.3. The number of ether oxygens (including phenoxy) is 1. The van der Waals surface area contributed by atoms with Gasteiger partial charge in [-0.25, -0.2) is 0 Å². The molecule has 0 spiro atoms. The molecular formula is C13H19N3O3. The first-order valence-corrected chi connectivity index (χ1v) is 6.41. The van der Waals surface area contributed by atoms with E-state index in [4.69, 9.17) is 4.74 Å². The second-order valence-corrected chi connectivity index (χ2v) is 4.66. The summed E-state index contributed by atoms with van der Waals surface area (Å²) in [6.45, 7) is 1.62. The zero-order valence-electron chi connectivity index (χ0n) is 11.3. The van der Waals surface area contributed by atoms with Crippen LogP contribution in [0.15, 0.2) is 18.2 Å². The summed E-state index contributed by atoms with van der Waals surface area (Å²) in [5, 5.41) is 14.5. The molecule has 0 aliphatic carbocycles. The Morgan fingerprint density at radius 2 is 2.32 bits per heavy atom. The molecule has 1 N–H and O–H groups in total. The summed E-state index contributed by atoms with van der Waals surface area (Å²) < 4.78 is 5.11. The van der Waals surface area contributed by atoms with Gasteiger partial charge in [-0.05, 0) is 32.0 Å². The van der Waals surface area contributed by atoms with E-state index in [1.54, 1.807) is 18.2 Å². The van der Waals surface area contributed by atoms with Crippen molar-refractivity contribution in [1.29, 1.82) is 0 Å². The normalized spacial score (nSPS) is 19.3. The predicted molar refractivity (Wildman–Crippen MR) is 73.9 cm³/mol. The number of nitro benzene ring substituents is 1. The number of hydrogen-bond donors (Lipinski definition) is 1. The summed E-state index contributed by atoms with van der Waals surface area (Å²) >= 11 is 0. The summed E-state index contributed by atoms with van der Waals surface area (Å²) in [5.41, 5.74) is 0.700. The highest BCUT2D eigenvalue weighted by Gasteiger charge is 2.27. The van der Waals surface area contributed by atoms with Gasteiger partial charge in [-0.1, -0.05) is 6.07 Å². The van der Waals surface area contributed by atoms with E-state index in [0.29, 0.717) is 17.5 Å². The van der Waals surface area contributed by atoms with Crippen LogP contribution >= 0.6 is 0 Å². The summed E-state index contributed by atoms with van der Waals surface area (Å²) in [4.78, 5) is 13.0. The summed E-state index contributed by atoms with van der Waals surface area (Å²) in [6.07, 6.45) is 2.13. The molecule has 1 aromatic carbocycles. The number of para-hydroxylation sites is 1. The van der Waals surface area contributed by atoms with Crippen molar-refractivity contribution in [2.45, 2.75) is 18.9 Å². The molecule has 0 saturated carbocycles. The van der Waals surface area contributed by atoms with E-state index in [2.05, 4.69) is 10.2 Å². The average Bonchev–Trinajstić information content (AvgIpc) is 2.46. The third-order valence-electron chi connectivity index (χ3n) is 3.55. The van der Waals surface area contributed by atoms with Crippen molar-refractivity contribution in [2.24, 2.45) is 0 Å². The first kappa shape index (κ1) is 13.6. The van der Waals surface area contributed by atoms with Crippen LogP contribution in [0.3, 0.4) is 0 Å². The number of anilines is 1. The van der Waals surface area contributed by atoms with Gasteiger partial charge < -0.3 is 15.0 Å². The number of methoxy groups -OCH3 is 1. The van der Waals surface area contributed by atoms with Crippen LogP contribution in [-0.2, 0) is 0 Å². The number of benzene rings is 1. The van der Waals surface area contributed by atoms with Crippen LogP contribution in [-0.4, -0.2) is 38.2 Å². The van der Waals surface area contributed by atoms with Gasteiger partial charge in [0.25, 0.3) is 0 Å². The van der Waals surface area contributed by atoms with Gasteiger partial charge in [0, 0.05) is 19.1 Å². The third-order valence-corrected chi connectivity index (χ3v) is 3.55. The van der Waals surface area contributed by atoms with Gasteiger partial charge in [-0.2, -0.15) is 0 Å². The number of nitrogens with zero attached hydrogens (tertiary/aromatic N) is 2. The fraction of sp³-hybridized carbons (Fsp3) is 0.538. The van der Waals surface area contributed by atoms with Crippen molar-refractivity contribution < 1.29 is 9.66 Å². The molecule has 0 amide bonds. The minimum Gasteiger partial charge on any atom is -0.490 e. The Morgan fingerprint density at radius 1 is 1.53 bits per heavy atom. The molecule has 1 saturated heterocycles. The summed E-state index contributed by atoms with van der Waals surface area (Å²) in [7, 11) is 3.38. The molecule has 19 heavy (non-hydrogen) atoms. The number of nitrogens with one attached hydrogen (secondary N) is 1. The lowest BCUT2D eigenvalue weighted by Crippen LogP contribution is -2.44. The third kappa shape index (κ3) is 2.78. The van der Waals surface area contributed by atoms with Crippen molar-refractivity contribution in [3.63, 3.8) is 0 Å². The number of piperidine rings is 1. The molecule has 6 nitrogen and oxygen atoms in total. The number of likely N-dealkylation sites (N-methyl/N-ethyl adjacent to an activating group) is 1. The smallest absolute Gasteiger partial charge is 0.333 e. The number of nitro groups is 1. The van der Waals surface area contributed by atoms with Gasteiger partial charge in [0.15, 0.2) is 5.75 Å². The van der Waals surface area contributed by atoms with Crippen LogP contribution in [0.2, 0.25) is 0 Å². The molecule has 2 rings (SSSR count). The maximum atomic E-state index is 11.3. The average molecular weight is 265 g/mol. The fourth-order valence-corrected chi connectivity index (χ4v) is 2.55. The van der Waals surface area contributed by atoms with Crippen LogP contribution in [0.5, 0.6) is 5.75 Å². The quantitative estimate of drug-likeness (QED) is 0.664. The van der Waals surface area contributed by atoms with Gasteiger partial charge in [-0.3, -0.25) is 10.1 Å². The molecule has 104 valence electrons. The lowest BCUT2D eigenvalue weighted by atomic mass is 10.0. The van der Waals surface area contributed by atoms with Crippen LogP contribution in [0.25, 0.3) is 0 Å². The van der Waals surface area contributed by atoms with E-state index in [0.717, 1.165) is 25.9 Å². The van der Waals surface area contributed by atoms with Crippen molar-refractivity contribution >= 4 is 11.4 Å². The van der Waals surface area contributed by atoms with Gasteiger partial charge in [0.2, 0.25) is 0 Å². The topological polar surface area (TPSA) is 67.6 Å². The lowest BCUT2D eigenvalue weighted by Gasteiger charge is -2.34. The Kier molecular flexibility index (Phi) is 4.21. The van der Waals surface area contributed by atoms with Crippen molar-refractivity contribution in [1.82, 2.24) is 5.32 Å². The fourth-order valence-electron chi connectivity index (χ4n) is 2.55. The molecule has 1 aromatic rings. The molecule has 1 heterocycles. The standard InChI is InChI=1S/C13H19N3O3/c1-14-10-5-4-8-15(9-10)11-6-3-7-12(19-2)13(11)16(17)18/h3,6-7,10,14H,4-5,8-9H2,1-2H3. The minimum absolute atomic E-state index is 0.0572. The molecule has 0 bridgehead atoms. The van der Waals surface area contributed by atoms with Gasteiger partial charge in [-0.15, -0.1) is 0 Å². The van der Waals surface area contributed by atoms with Crippen LogP contribution in [0.4, 0.5) is 11.4 Å². The largest absolute Gasteiger partial charge is 0.490 e. The van der Waals surface area contributed by atoms with Crippen LogP contribution in [0, 0.1) is 10.1 Å². The molecule has 6 heteroatoms. The maximum Gasteiger partial charge on any atom is 0.333 e. The molecule has 0 aromatic heterocycles. The lowest BCUT2D eigenvalue weighted by molar-refractivity contribution is -0.385. The number of hydrogen-bond acceptors (Lipinski definition) is 5. The van der Waals surface area contributed by atoms with E-state index < -0.39 is 0 Å². The number of rotatable bonds is 4.